The molecule has 118 valence electrons. The van der Waals surface area contributed by atoms with Crippen LogP contribution in [0.4, 0.5) is 4.79 Å². The van der Waals surface area contributed by atoms with Crippen LogP contribution in [0, 0.1) is 5.41 Å². The molecule has 1 aromatic heterocycles. The summed E-state index contributed by atoms with van der Waals surface area (Å²) in [4.78, 5) is 23.1. The molecule has 1 aromatic rings. The molecule has 1 spiro atoms. The van der Waals surface area contributed by atoms with Crippen LogP contribution >= 0.6 is 0 Å². The zero-order valence-corrected chi connectivity index (χ0v) is 13.1. The van der Waals surface area contributed by atoms with Gasteiger partial charge in [0.05, 0.1) is 0 Å². The van der Waals surface area contributed by atoms with Gasteiger partial charge in [0, 0.05) is 57.1 Å². The van der Waals surface area contributed by atoms with E-state index in [2.05, 4.69) is 20.9 Å². The molecule has 3 aliphatic rings. The number of hydrogen-bond acceptors (Lipinski definition) is 3. The molecule has 0 bridgehead atoms. The van der Waals surface area contributed by atoms with Crippen molar-refractivity contribution in [2.45, 2.75) is 25.8 Å². The van der Waals surface area contributed by atoms with Crippen LogP contribution < -0.4 is 0 Å². The first-order valence-electron chi connectivity index (χ1n) is 8.39. The van der Waals surface area contributed by atoms with Crippen molar-refractivity contribution < 1.29 is 4.79 Å². The van der Waals surface area contributed by atoms with E-state index in [1.54, 1.807) is 0 Å². The van der Waals surface area contributed by atoms with Gasteiger partial charge in [-0.05, 0) is 37.4 Å². The molecular formula is C17H24N4O. The Kier molecular flexibility index (Phi) is 3.53. The molecular weight excluding hydrogens is 276 g/mol. The van der Waals surface area contributed by atoms with Gasteiger partial charge in [-0.15, -0.1) is 0 Å². The molecule has 22 heavy (non-hydrogen) atoms. The van der Waals surface area contributed by atoms with E-state index < -0.39 is 0 Å². The van der Waals surface area contributed by atoms with Crippen LogP contribution in [0.15, 0.2) is 24.5 Å². The van der Waals surface area contributed by atoms with Gasteiger partial charge in [-0.2, -0.15) is 0 Å². The highest BCUT2D eigenvalue weighted by atomic mass is 16.2. The molecule has 2 amide bonds. The van der Waals surface area contributed by atoms with Crippen LogP contribution in [0.2, 0.25) is 0 Å². The van der Waals surface area contributed by atoms with Crippen molar-refractivity contribution in [2.24, 2.45) is 5.41 Å². The van der Waals surface area contributed by atoms with Crippen LogP contribution in [0.25, 0.3) is 0 Å². The van der Waals surface area contributed by atoms with Crippen LogP contribution in [0.1, 0.15) is 24.8 Å². The summed E-state index contributed by atoms with van der Waals surface area (Å²) in [6.07, 6.45) is 7.34. The molecule has 0 aliphatic carbocycles. The fourth-order valence-corrected chi connectivity index (χ4v) is 4.18. The maximum Gasteiger partial charge on any atom is 0.320 e. The number of likely N-dealkylation sites (tertiary alicyclic amines) is 3. The molecule has 3 aliphatic heterocycles. The minimum Gasteiger partial charge on any atom is -0.325 e. The van der Waals surface area contributed by atoms with Gasteiger partial charge in [0.15, 0.2) is 0 Å². The Morgan fingerprint density at radius 1 is 1.14 bits per heavy atom. The van der Waals surface area contributed by atoms with Gasteiger partial charge in [-0.3, -0.25) is 9.88 Å². The monoisotopic (exact) mass is 300 g/mol. The van der Waals surface area contributed by atoms with E-state index in [0.29, 0.717) is 5.41 Å². The molecule has 4 rings (SSSR count). The lowest BCUT2D eigenvalue weighted by molar-refractivity contribution is 0.0253. The third-order valence-corrected chi connectivity index (χ3v) is 5.35. The Hall–Kier alpha value is -1.62. The van der Waals surface area contributed by atoms with Crippen molar-refractivity contribution in [3.63, 3.8) is 0 Å². The Balaban J connectivity index is 1.29. The summed E-state index contributed by atoms with van der Waals surface area (Å²) in [5, 5.41) is 0. The summed E-state index contributed by atoms with van der Waals surface area (Å²) in [6.45, 7) is 7.05. The zero-order valence-electron chi connectivity index (χ0n) is 13.1. The number of carbonyl (C=O) groups is 1. The van der Waals surface area contributed by atoms with Crippen molar-refractivity contribution in [3.05, 3.63) is 30.1 Å². The van der Waals surface area contributed by atoms with Gasteiger partial charge >= 0.3 is 6.03 Å². The van der Waals surface area contributed by atoms with Crippen molar-refractivity contribution in [1.29, 1.82) is 0 Å². The Bertz CT molecular complexity index is 535. The number of carbonyl (C=O) groups excluding carboxylic acids is 1. The van der Waals surface area contributed by atoms with Gasteiger partial charge in [0.25, 0.3) is 0 Å². The topological polar surface area (TPSA) is 39.7 Å². The molecule has 0 atom stereocenters. The number of pyridine rings is 1. The average molecular weight is 300 g/mol. The highest BCUT2D eigenvalue weighted by Gasteiger charge is 2.49. The minimum atomic E-state index is 0.272. The second-order valence-corrected chi connectivity index (χ2v) is 7.15. The smallest absolute Gasteiger partial charge is 0.320 e. The minimum absolute atomic E-state index is 0.272. The molecule has 5 heteroatoms. The molecule has 0 radical (unpaired) electrons. The molecule has 3 saturated heterocycles. The Labute approximate surface area is 131 Å². The van der Waals surface area contributed by atoms with E-state index in [-0.39, 0.29) is 6.03 Å². The van der Waals surface area contributed by atoms with Gasteiger partial charge in [0.1, 0.15) is 0 Å². The van der Waals surface area contributed by atoms with Gasteiger partial charge in [-0.25, -0.2) is 4.79 Å². The third kappa shape index (κ3) is 2.58. The SMILES string of the molecule is O=C(N1CCCC1)N1CC2(CCN(Cc3cccnc3)C2)C1. The molecule has 0 N–H and O–H groups in total. The fraction of sp³-hybridized carbons (Fsp3) is 0.647. The predicted molar refractivity (Wildman–Crippen MR) is 84.3 cm³/mol. The van der Waals surface area contributed by atoms with Gasteiger partial charge in [-0.1, -0.05) is 6.07 Å². The summed E-state index contributed by atoms with van der Waals surface area (Å²) in [5.41, 5.74) is 1.64. The maximum absolute atomic E-state index is 12.4. The highest BCUT2D eigenvalue weighted by Crippen LogP contribution is 2.40. The van der Waals surface area contributed by atoms with Crippen molar-refractivity contribution in [1.82, 2.24) is 19.7 Å². The summed E-state index contributed by atoms with van der Waals surface area (Å²) in [7, 11) is 0. The number of aromatic nitrogens is 1. The molecule has 3 fully saturated rings. The largest absolute Gasteiger partial charge is 0.325 e. The number of rotatable bonds is 2. The van der Waals surface area contributed by atoms with Crippen molar-refractivity contribution >= 4 is 6.03 Å². The lowest BCUT2D eigenvalue weighted by Gasteiger charge is -2.49. The van der Waals surface area contributed by atoms with Crippen LogP contribution in [0.5, 0.6) is 0 Å². The summed E-state index contributed by atoms with van der Waals surface area (Å²) in [5.74, 6) is 0. The number of urea groups is 1. The summed E-state index contributed by atoms with van der Waals surface area (Å²) < 4.78 is 0. The van der Waals surface area contributed by atoms with Crippen LogP contribution in [0.3, 0.4) is 0 Å². The molecule has 0 aromatic carbocycles. The van der Waals surface area contributed by atoms with E-state index in [1.165, 1.54) is 24.8 Å². The molecule has 5 nitrogen and oxygen atoms in total. The Morgan fingerprint density at radius 2 is 1.95 bits per heavy atom. The van der Waals surface area contributed by atoms with Gasteiger partial charge in [0.2, 0.25) is 0 Å². The summed E-state index contributed by atoms with van der Waals surface area (Å²) >= 11 is 0. The zero-order chi connectivity index (χ0) is 15.0. The van der Waals surface area contributed by atoms with Crippen molar-refractivity contribution in [2.75, 3.05) is 39.3 Å². The fourth-order valence-electron chi connectivity index (χ4n) is 4.18. The summed E-state index contributed by atoms with van der Waals surface area (Å²) in [6, 6.07) is 4.41. The van der Waals surface area contributed by atoms with Crippen LogP contribution in [-0.2, 0) is 6.54 Å². The van der Waals surface area contributed by atoms with E-state index in [0.717, 1.165) is 45.8 Å². The van der Waals surface area contributed by atoms with Crippen molar-refractivity contribution in [3.8, 4) is 0 Å². The average Bonchev–Trinajstić information content (AvgIpc) is 3.16. The second-order valence-electron chi connectivity index (χ2n) is 7.15. The number of hydrogen-bond donors (Lipinski definition) is 0. The lowest BCUT2D eigenvalue weighted by atomic mass is 9.79. The highest BCUT2D eigenvalue weighted by molar-refractivity contribution is 5.75. The molecule has 0 unspecified atom stereocenters. The maximum atomic E-state index is 12.4. The third-order valence-electron chi connectivity index (χ3n) is 5.35. The van der Waals surface area contributed by atoms with Crippen LogP contribution in [-0.4, -0.2) is 65.0 Å². The van der Waals surface area contributed by atoms with E-state index in [9.17, 15) is 4.79 Å². The normalized spacial score (nSPS) is 24.0. The second kappa shape index (κ2) is 5.54. The first-order chi connectivity index (χ1) is 10.7. The van der Waals surface area contributed by atoms with E-state index in [1.807, 2.05) is 23.4 Å². The van der Waals surface area contributed by atoms with E-state index >= 15 is 0 Å². The number of nitrogens with zero attached hydrogens (tertiary/aromatic N) is 4. The number of amides is 2. The first-order valence-corrected chi connectivity index (χ1v) is 8.39. The quantitative estimate of drug-likeness (QED) is 0.836. The Morgan fingerprint density at radius 3 is 2.68 bits per heavy atom. The predicted octanol–water partition coefficient (Wildman–Crippen LogP) is 1.81. The van der Waals surface area contributed by atoms with E-state index in [4.69, 9.17) is 0 Å². The van der Waals surface area contributed by atoms with Gasteiger partial charge < -0.3 is 9.80 Å². The lowest BCUT2D eigenvalue weighted by Crippen LogP contribution is -2.61. The standard InChI is InChI=1S/C17H24N4O/c22-16(20-7-1-2-8-20)21-13-17(14-21)5-9-19(12-17)11-15-4-3-6-18-10-15/h3-4,6,10H,1-2,5,7-9,11-14H2. The molecule has 0 saturated carbocycles. The first kappa shape index (κ1) is 14.0. The molecule has 4 heterocycles.